The molecule has 2 N–H and O–H groups in total. The van der Waals surface area contributed by atoms with Crippen molar-refractivity contribution in [3.63, 3.8) is 0 Å². The number of carbonyl (C=O) groups excluding carboxylic acids is 2. The molecule has 0 radical (unpaired) electrons. The van der Waals surface area contributed by atoms with Crippen molar-refractivity contribution in [2.45, 2.75) is 58.2 Å². The van der Waals surface area contributed by atoms with Gasteiger partial charge < -0.3 is 15.4 Å². The summed E-state index contributed by atoms with van der Waals surface area (Å²) in [5.41, 5.74) is 7.02. The zero-order valence-electron chi connectivity index (χ0n) is 15.1. The van der Waals surface area contributed by atoms with Gasteiger partial charge in [0.05, 0.1) is 6.04 Å². The highest BCUT2D eigenvalue weighted by atomic mass is 16.5. The first kappa shape index (κ1) is 17.9. The number of rotatable bonds is 6. The molecule has 1 aromatic carbocycles. The number of likely N-dealkylation sites (tertiary alicyclic amines) is 1. The van der Waals surface area contributed by atoms with Gasteiger partial charge in [-0.2, -0.15) is 0 Å². The second-order valence-electron chi connectivity index (χ2n) is 7.86. The van der Waals surface area contributed by atoms with Crippen LogP contribution in [0.25, 0.3) is 0 Å². The molecule has 5 nitrogen and oxygen atoms in total. The number of nitrogens with zero attached hydrogens (tertiary/aromatic N) is 1. The summed E-state index contributed by atoms with van der Waals surface area (Å²) in [5.74, 6) is 0.0692. The van der Waals surface area contributed by atoms with Crippen LogP contribution in [0, 0.1) is 11.3 Å². The Balaban J connectivity index is 1.61. The first-order chi connectivity index (χ1) is 11.9. The van der Waals surface area contributed by atoms with Gasteiger partial charge in [0.25, 0.3) is 0 Å². The Bertz CT molecular complexity index is 625. The fourth-order valence-corrected chi connectivity index (χ4v) is 3.68. The lowest BCUT2D eigenvalue weighted by molar-refractivity contribution is -0.155. The van der Waals surface area contributed by atoms with Gasteiger partial charge in [-0.3, -0.25) is 4.79 Å². The van der Waals surface area contributed by atoms with E-state index < -0.39 is 12.1 Å². The fraction of sp³-hybridized carbons (Fsp3) is 0.600. The van der Waals surface area contributed by atoms with Gasteiger partial charge in [-0.25, -0.2) is 4.79 Å². The molecule has 0 spiro atoms. The first-order valence-electron chi connectivity index (χ1n) is 9.18. The minimum atomic E-state index is -0.567. The number of nitrogens with two attached hydrogens (primary N) is 1. The summed E-state index contributed by atoms with van der Waals surface area (Å²) < 4.78 is 5.44. The van der Waals surface area contributed by atoms with Crippen LogP contribution in [0.3, 0.4) is 0 Å². The summed E-state index contributed by atoms with van der Waals surface area (Å²) in [6.07, 6.45) is 3.73. The molecule has 5 heteroatoms. The summed E-state index contributed by atoms with van der Waals surface area (Å²) >= 11 is 0. The second-order valence-corrected chi connectivity index (χ2v) is 7.86. The monoisotopic (exact) mass is 344 g/mol. The predicted octanol–water partition coefficient (Wildman–Crippen LogP) is 2.48. The van der Waals surface area contributed by atoms with E-state index in [0.29, 0.717) is 18.9 Å². The number of hydrogen-bond acceptors (Lipinski definition) is 4. The van der Waals surface area contributed by atoms with Gasteiger partial charge >= 0.3 is 5.97 Å². The maximum Gasteiger partial charge on any atom is 0.329 e. The van der Waals surface area contributed by atoms with Crippen LogP contribution in [-0.2, 0) is 20.9 Å². The summed E-state index contributed by atoms with van der Waals surface area (Å²) in [4.78, 5) is 27.0. The molecule has 0 aromatic heterocycles. The molecule has 1 aromatic rings. The van der Waals surface area contributed by atoms with Gasteiger partial charge in [0.15, 0.2) is 0 Å². The van der Waals surface area contributed by atoms with Crippen molar-refractivity contribution in [2.24, 2.45) is 17.1 Å². The van der Waals surface area contributed by atoms with Gasteiger partial charge in [0.2, 0.25) is 5.91 Å². The Hall–Kier alpha value is -1.88. The minimum absolute atomic E-state index is 0.115. The van der Waals surface area contributed by atoms with E-state index in [1.54, 1.807) is 4.90 Å². The van der Waals surface area contributed by atoms with Gasteiger partial charge in [-0.15, -0.1) is 0 Å². The number of amides is 1. The van der Waals surface area contributed by atoms with Gasteiger partial charge in [-0.1, -0.05) is 44.2 Å². The molecule has 2 aliphatic rings. The van der Waals surface area contributed by atoms with Crippen molar-refractivity contribution < 1.29 is 14.3 Å². The van der Waals surface area contributed by atoms with Crippen molar-refractivity contribution in [1.82, 2.24) is 4.90 Å². The normalized spacial score (nSPS) is 21.9. The number of esters is 1. The third kappa shape index (κ3) is 3.87. The third-order valence-electron chi connectivity index (χ3n) is 5.73. The van der Waals surface area contributed by atoms with Crippen molar-refractivity contribution in [1.29, 1.82) is 0 Å². The van der Waals surface area contributed by atoms with Crippen LogP contribution in [-0.4, -0.2) is 35.4 Å². The molecule has 1 aliphatic heterocycles. The molecule has 1 aliphatic carbocycles. The van der Waals surface area contributed by atoms with Crippen LogP contribution in [0.5, 0.6) is 0 Å². The molecule has 3 rings (SSSR count). The second kappa shape index (κ2) is 7.16. The third-order valence-corrected chi connectivity index (χ3v) is 5.73. The maximum absolute atomic E-state index is 12.9. The van der Waals surface area contributed by atoms with Crippen molar-refractivity contribution in [3.05, 3.63) is 35.9 Å². The van der Waals surface area contributed by atoms with Crippen LogP contribution in [0.15, 0.2) is 30.3 Å². The van der Waals surface area contributed by atoms with Crippen LogP contribution in [0.4, 0.5) is 0 Å². The van der Waals surface area contributed by atoms with E-state index in [1.807, 2.05) is 30.3 Å². The highest BCUT2D eigenvalue weighted by molar-refractivity contribution is 5.88. The standard InChI is InChI=1S/C20H28N2O3/c1-20(2,15-10-11-15)17(21)18(23)22-12-6-9-16(22)19(24)25-13-14-7-4-3-5-8-14/h3-5,7-8,15-17H,6,9-13,21H2,1-2H3. The molecule has 1 heterocycles. The van der Waals surface area contributed by atoms with Crippen molar-refractivity contribution in [3.8, 4) is 0 Å². The summed E-state index contributed by atoms with van der Waals surface area (Å²) in [7, 11) is 0. The van der Waals surface area contributed by atoms with E-state index in [4.69, 9.17) is 10.5 Å². The number of hydrogen-bond donors (Lipinski definition) is 1. The zero-order valence-corrected chi connectivity index (χ0v) is 15.1. The molecular weight excluding hydrogens is 316 g/mol. The van der Waals surface area contributed by atoms with Gasteiger partial charge in [0.1, 0.15) is 12.6 Å². The topological polar surface area (TPSA) is 72.6 Å². The quantitative estimate of drug-likeness (QED) is 0.805. The Morgan fingerprint density at radius 1 is 1.24 bits per heavy atom. The van der Waals surface area contributed by atoms with Crippen molar-refractivity contribution in [2.75, 3.05) is 6.54 Å². The van der Waals surface area contributed by atoms with Crippen LogP contribution < -0.4 is 5.73 Å². The molecule has 0 bridgehead atoms. The first-order valence-corrected chi connectivity index (χ1v) is 9.18. The van der Waals surface area contributed by atoms with E-state index >= 15 is 0 Å². The molecule has 2 fully saturated rings. The highest BCUT2D eigenvalue weighted by Crippen LogP contribution is 2.47. The van der Waals surface area contributed by atoms with Crippen LogP contribution in [0.1, 0.15) is 45.1 Å². The molecule has 2 unspecified atom stereocenters. The maximum atomic E-state index is 12.9. The average Bonchev–Trinajstić information content (AvgIpc) is 3.37. The SMILES string of the molecule is CC(C)(C1CC1)C(N)C(=O)N1CCCC1C(=O)OCc1ccccc1. The number of benzene rings is 1. The summed E-state index contributed by atoms with van der Waals surface area (Å²) in [6.45, 7) is 4.94. The van der Waals surface area contributed by atoms with E-state index in [9.17, 15) is 9.59 Å². The molecule has 1 saturated carbocycles. The molecule has 1 saturated heterocycles. The smallest absolute Gasteiger partial charge is 0.329 e. The van der Waals surface area contributed by atoms with E-state index in [1.165, 1.54) is 0 Å². The minimum Gasteiger partial charge on any atom is -0.459 e. The predicted molar refractivity (Wildman–Crippen MR) is 95.5 cm³/mol. The Morgan fingerprint density at radius 3 is 2.56 bits per heavy atom. The fourth-order valence-electron chi connectivity index (χ4n) is 3.68. The number of ether oxygens (including phenoxy) is 1. The average molecular weight is 344 g/mol. The zero-order chi connectivity index (χ0) is 18.0. The highest BCUT2D eigenvalue weighted by Gasteiger charge is 2.47. The summed E-state index contributed by atoms with van der Waals surface area (Å²) in [6, 6.07) is 8.50. The lowest BCUT2D eigenvalue weighted by Gasteiger charge is -2.35. The molecule has 25 heavy (non-hydrogen) atoms. The lowest BCUT2D eigenvalue weighted by atomic mass is 9.79. The van der Waals surface area contributed by atoms with E-state index in [0.717, 1.165) is 24.8 Å². The Kier molecular flexibility index (Phi) is 5.13. The molecule has 2 atom stereocenters. The van der Waals surface area contributed by atoms with Crippen LogP contribution >= 0.6 is 0 Å². The van der Waals surface area contributed by atoms with E-state index in [-0.39, 0.29) is 23.9 Å². The molecule has 1 amide bonds. The molecule has 136 valence electrons. The Labute approximate surface area is 149 Å². The van der Waals surface area contributed by atoms with E-state index in [2.05, 4.69) is 13.8 Å². The molecular formula is C20H28N2O3. The lowest BCUT2D eigenvalue weighted by Crippen LogP contribution is -2.54. The van der Waals surface area contributed by atoms with Crippen molar-refractivity contribution >= 4 is 11.9 Å². The number of carbonyl (C=O) groups is 2. The largest absolute Gasteiger partial charge is 0.459 e. The van der Waals surface area contributed by atoms with Gasteiger partial charge in [0, 0.05) is 6.54 Å². The Morgan fingerprint density at radius 2 is 1.92 bits per heavy atom. The van der Waals surface area contributed by atoms with Gasteiger partial charge in [-0.05, 0) is 42.6 Å². The summed E-state index contributed by atoms with van der Waals surface area (Å²) in [5, 5.41) is 0. The van der Waals surface area contributed by atoms with Crippen LogP contribution in [0.2, 0.25) is 0 Å².